The molecule has 5 atom stereocenters. The molecule has 0 aromatic heterocycles. The summed E-state index contributed by atoms with van der Waals surface area (Å²) in [5, 5.41) is 0. The van der Waals surface area contributed by atoms with E-state index in [0.717, 1.165) is 148 Å². The molecule has 0 bridgehead atoms. The lowest BCUT2D eigenvalue weighted by molar-refractivity contribution is -0.278. The molecule has 0 saturated heterocycles. The second kappa shape index (κ2) is 35.0. The number of methoxy groups -OCH3 is 3. The molecule has 0 radical (unpaired) electrons. The van der Waals surface area contributed by atoms with Crippen molar-refractivity contribution in [3.8, 4) is 47.9 Å². The standard InChI is InChI=1S/C63H69F9O9/c1-5-53(80-56(74)59(77-3,62(67,68)69)51-42-32-28-33-43-51)46-36-23-20-18-16-14-12-10-8-6-7-9-11-13-15-17-19-21-24-37-47-54(81-57(75)60(78-4,63(70,71)72)52-44-34-29-35-45-52)48-38-25-22-26-39-49-79-55(73)58(76-2,61(64,65)66)50-40-30-27-31-41-50/h1,9,11,27-36,40-46,53-54H,6-8,10,12-21,23-24,37,47,49H2,2-4H3/b11-9-,46-36+/t53-,54-,58-,59-,60-/m0/s1. The van der Waals surface area contributed by atoms with Gasteiger partial charge >= 0.3 is 36.4 Å². The molecular formula is C63H69F9O9. The molecule has 0 aliphatic carbocycles. The van der Waals surface area contributed by atoms with E-state index in [1.165, 1.54) is 60.7 Å². The Balaban J connectivity index is 1.37. The van der Waals surface area contributed by atoms with Crippen molar-refractivity contribution >= 4 is 17.9 Å². The van der Waals surface area contributed by atoms with Crippen LogP contribution in [0.5, 0.6) is 0 Å². The zero-order valence-corrected chi connectivity index (χ0v) is 45.7. The second-order valence-corrected chi connectivity index (χ2v) is 18.5. The zero-order chi connectivity index (χ0) is 59.7. The number of benzene rings is 3. The predicted molar refractivity (Wildman–Crippen MR) is 288 cm³/mol. The third-order valence-electron chi connectivity index (χ3n) is 13.0. The van der Waals surface area contributed by atoms with E-state index in [1.54, 1.807) is 6.08 Å². The molecule has 81 heavy (non-hydrogen) atoms. The van der Waals surface area contributed by atoms with Gasteiger partial charge in [-0.05, 0) is 93.0 Å². The number of esters is 3. The molecule has 9 nitrogen and oxygen atoms in total. The van der Waals surface area contributed by atoms with Crippen LogP contribution >= 0.6 is 0 Å². The largest absolute Gasteiger partial charge is 0.450 e. The number of hydrogen-bond acceptors (Lipinski definition) is 9. The Kier molecular flexibility index (Phi) is 29.5. The molecule has 438 valence electrons. The highest BCUT2D eigenvalue weighted by atomic mass is 19.4. The molecule has 0 amide bonds. The maximum Gasteiger partial charge on any atom is 0.432 e. The highest BCUT2D eigenvalue weighted by Crippen LogP contribution is 2.45. The van der Waals surface area contributed by atoms with E-state index in [1.807, 2.05) is 0 Å². The number of halogens is 9. The number of alkyl halides is 9. The van der Waals surface area contributed by atoms with E-state index in [9.17, 15) is 53.9 Å². The summed E-state index contributed by atoms with van der Waals surface area (Å²) in [5.41, 5.74) is -11.6. The minimum absolute atomic E-state index is 0.0739. The van der Waals surface area contributed by atoms with Crippen LogP contribution in [0.15, 0.2) is 115 Å². The topological polar surface area (TPSA) is 107 Å². The van der Waals surface area contributed by atoms with Crippen LogP contribution in [0.3, 0.4) is 0 Å². The van der Waals surface area contributed by atoms with E-state index < -0.39 is 88.7 Å². The Labute approximate surface area is 469 Å². The number of rotatable bonds is 33. The maximum absolute atomic E-state index is 14.6. The second-order valence-electron chi connectivity index (χ2n) is 18.5. The molecule has 0 N–H and O–H groups in total. The first-order valence-electron chi connectivity index (χ1n) is 26.6. The number of hydrogen-bond donors (Lipinski definition) is 0. The molecule has 0 spiro atoms. The molecule has 18 heteroatoms. The summed E-state index contributed by atoms with van der Waals surface area (Å²) >= 11 is 0. The summed E-state index contributed by atoms with van der Waals surface area (Å²) in [6, 6.07) is 19.1. The van der Waals surface area contributed by atoms with Crippen molar-refractivity contribution in [2.75, 3.05) is 27.9 Å². The van der Waals surface area contributed by atoms with Crippen molar-refractivity contribution in [2.24, 2.45) is 0 Å². The molecule has 0 saturated carbocycles. The highest BCUT2D eigenvalue weighted by Gasteiger charge is 2.66. The Bertz CT molecular complexity index is 2670. The normalized spacial score (nSPS) is 14.7. The van der Waals surface area contributed by atoms with Gasteiger partial charge in [0.15, 0.2) is 18.8 Å². The van der Waals surface area contributed by atoms with Crippen molar-refractivity contribution in [1.29, 1.82) is 0 Å². The van der Waals surface area contributed by atoms with Gasteiger partial charge in [-0.2, -0.15) is 39.5 Å². The highest BCUT2D eigenvalue weighted by molar-refractivity contribution is 5.84. The van der Waals surface area contributed by atoms with Gasteiger partial charge in [0.25, 0.3) is 16.8 Å². The molecule has 3 aromatic carbocycles. The molecule has 0 heterocycles. The van der Waals surface area contributed by atoms with Crippen LogP contribution in [0.4, 0.5) is 39.5 Å². The molecule has 3 rings (SSSR count). The quantitative estimate of drug-likeness (QED) is 0.0147. The third-order valence-corrected chi connectivity index (χ3v) is 13.0. The first-order valence-corrected chi connectivity index (χ1v) is 26.6. The Hall–Kier alpha value is -6.96. The summed E-state index contributed by atoms with van der Waals surface area (Å²) in [6.45, 7) is -0.792. The van der Waals surface area contributed by atoms with Gasteiger partial charge in [0.1, 0.15) is 0 Å². The van der Waals surface area contributed by atoms with E-state index >= 15 is 0 Å². The van der Waals surface area contributed by atoms with Crippen LogP contribution < -0.4 is 0 Å². The number of terminal acetylenes is 1. The van der Waals surface area contributed by atoms with Gasteiger partial charge in [0.2, 0.25) is 0 Å². The van der Waals surface area contributed by atoms with Crippen LogP contribution in [0.25, 0.3) is 0 Å². The van der Waals surface area contributed by atoms with Gasteiger partial charge in [-0.15, -0.1) is 6.42 Å². The van der Waals surface area contributed by atoms with Crippen LogP contribution in [0.2, 0.25) is 0 Å². The van der Waals surface area contributed by atoms with Gasteiger partial charge in [-0.25, -0.2) is 14.4 Å². The lowest BCUT2D eigenvalue weighted by Crippen LogP contribution is -2.52. The molecule has 0 aliphatic heterocycles. The van der Waals surface area contributed by atoms with Crippen LogP contribution in [0.1, 0.15) is 132 Å². The molecule has 0 aliphatic rings. The predicted octanol–water partition coefficient (Wildman–Crippen LogP) is 14.4. The number of unbranched alkanes of at least 4 members (excludes halogenated alkanes) is 15. The summed E-state index contributed by atoms with van der Waals surface area (Å²) in [5.74, 6) is 11.3. The fourth-order valence-corrected chi connectivity index (χ4v) is 8.66. The minimum atomic E-state index is -5.22. The third kappa shape index (κ3) is 20.2. The Morgan fingerprint density at radius 3 is 1.22 bits per heavy atom. The lowest BCUT2D eigenvalue weighted by atomic mass is 9.92. The SMILES string of the molecule is C#C[C@@H](/C=C/CCCCCCCCCC/C=C\CCCCCCCC[C@@H](C#CC#CC#CCOC(=O)[C@@](OC)(c1ccccc1)C(F)(F)F)OC(=O)[C@@](OC)(c1ccccc1)C(F)(F)F)OC(=O)[C@@](OC)(c1ccccc1)C(F)(F)F. The molecular weight excluding hydrogens is 1070 g/mol. The summed E-state index contributed by atoms with van der Waals surface area (Å²) < 4.78 is 158. The van der Waals surface area contributed by atoms with E-state index in [4.69, 9.17) is 30.1 Å². The van der Waals surface area contributed by atoms with Gasteiger partial charge in [-0.1, -0.05) is 179 Å². The molecule has 3 aromatic rings. The van der Waals surface area contributed by atoms with E-state index in [-0.39, 0.29) is 6.42 Å². The minimum Gasteiger partial charge on any atom is -0.450 e. The van der Waals surface area contributed by atoms with Crippen LogP contribution in [-0.2, 0) is 59.6 Å². The maximum atomic E-state index is 14.6. The average molecular weight is 1140 g/mol. The van der Waals surface area contributed by atoms with Crippen molar-refractivity contribution in [3.63, 3.8) is 0 Å². The fourth-order valence-electron chi connectivity index (χ4n) is 8.66. The number of carbonyl (C=O) groups excluding carboxylic acids is 3. The van der Waals surface area contributed by atoms with Crippen molar-refractivity contribution in [1.82, 2.24) is 0 Å². The average Bonchev–Trinajstić information content (AvgIpc) is 3.55. The monoisotopic (exact) mass is 1140 g/mol. The van der Waals surface area contributed by atoms with Crippen LogP contribution in [0, 0.1) is 47.9 Å². The number of allylic oxidation sites excluding steroid dienone is 3. The smallest absolute Gasteiger partial charge is 0.432 e. The fraction of sp³-hybridized carbons (Fsp3) is 0.476. The van der Waals surface area contributed by atoms with E-state index in [2.05, 4.69) is 58.3 Å². The summed E-state index contributed by atoms with van der Waals surface area (Å²) in [6.07, 6.45) is 10.6. The summed E-state index contributed by atoms with van der Waals surface area (Å²) in [7, 11) is 2.27. The first-order chi connectivity index (χ1) is 38.7. The van der Waals surface area contributed by atoms with Crippen molar-refractivity contribution < 1.29 is 82.3 Å². The van der Waals surface area contributed by atoms with Crippen molar-refractivity contribution in [2.45, 2.75) is 163 Å². The van der Waals surface area contributed by atoms with Gasteiger partial charge in [0.05, 0.1) is 0 Å². The Morgan fingerprint density at radius 1 is 0.469 bits per heavy atom. The number of carbonyl (C=O) groups is 3. The Morgan fingerprint density at radius 2 is 0.827 bits per heavy atom. The molecule has 0 fully saturated rings. The van der Waals surface area contributed by atoms with Crippen molar-refractivity contribution in [3.05, 3.63) is 132 Å². The van der Waals surface area contributed by atoms with Gasteiger partial charge < -0.3 is 28.4 Å². The first kappa shape index (κ1) is 68.3. The zero-order valence-electron chi connectivity index (χ0n) is 45.7. The van der Waals surface area contributed by atoms with Crippen LogP contribution in [-0.4, -0.2) is 76.6 Å². The summed E-state index contributed by atoms with van der Waals surface area (Å²) in [4.78, 5) is 39.0. The van der Waals surface area contributed by atoms with Gasteiger partial charge in [0, 0.05) is 38.0 Å². The number of ether oxygens (including phenoxy) is 6. The van der Waals surface area contributed by atoms with Gasteiger partial charge in [-0.3, -0.25) is 0 Å². The lowest BCUT2D eigenvalue weighted by Gasteiger charge is -2.33. The molecule has 0 unspecified atom stereocenters. The van der Waals surface area contributed by atoms with E-state index in [0.29, 0.717) is 19.3 Å².